The van der Waals surface area contributed by atoms with Crippen molar-refractivity contribution in [1.82, 2.24) is 10.2 Å². The molecule has 108 valence electrons. The van der Waals surface area contributed by atoms with Crippen LogP contribution in [-0.4, -0.2) is 64.6 Å². The highest BCUT2D eigenvalue weighted by atomic mass is 16.5. The van der Waals surface area contributed by atoms with Crippen molar-refractivity contribution in [2.24, 2.45) is 0 Å². The maximum atomic E-state index is 5.60. The number of nitrogens with one attached hydrogen (secondary N) is 1. The van der Waals surface area contributed by atoms with Gasteiger partial charge in [-0.2, -0.15) is 0 Å². The van der Waals surface area contributed by atoms with Gasteiger partial charge in [-0.15, -0.1) is 0 Å². The molecule has 1 heterocycles. The molecule has 0 aromatic carbocycles. The molecule has 0 spiro atoms. The molecule has 1 saturated heterocycles. The molecule has 0 atom stereocenters. The third-order valence-electron chi connectivity index (χ3n) is 3.49. The standard InChI is InChI=1S/C14H30N2O2/c1-15-8-4-7-11-18-10-6-3-5-9-16-12-14(13-16)17-2/h14-15H,3-13H2,1-2H3. The third kappa shape index (κ3) is 7.31. The molecule has 1 N–H and O–H groups in total. The number of rotatable bonds is 12. The topological polar surface area (TPSA) is 33.7 Å². The molecule has 0 aromatic heterocycles. The number of nitrogens with zero attached hydrogens (tertiary/aromatic N) is 1. The molecule has 0 saturated carbocycles. The molecule has 4 heteroatoms. The van der Waals surface area contributed by atoms with Gasteiger partial charge in [0.05, 0.1) is 6.10 Å². The van der Waals surface area contributed by atoms with Crippen LogP contribution in [0.4, 0.5) is 0 Å². The second kappa shape index (κ2) is 10.7. The van der Waals surface area contributed by atoms with Crippen molar-refractivity contribution < 1.29 is 9.47 Å². The van der Waals surface area contributed by atoms with E-state index in [1.165, 1.54) is 38.6 Å². The van der Waals surface area contributed by atoms with Crippen molar-refractivity contribution >= 4 is 0 Å². The molecule has 0 bridgehead atoms. The van der Waals surface area contributed by atoms with Crippen molar-refractivity contribution in [1.29, 1.82) is 0 Å². The lowest BCUT2D eigenvalue weighted by Crippen LogP contribution is -2.51. The minimum atomic E-state index is 0.492. The smallest absolute Gasteiger partial charge is 0.0824 e. The van der Waals surface area contributed by atoms with Gasteiger partial charge in [0, 0.05) is 33.4 Å². The number of hydrogen-bond donors (Lipinski definition) is 1. The fraction of sp³-hybridized carbons (Fsp3) is 1.00. The highest BCUT2D eigenvalue weighted by Crippen LogP contribution is 2.11. The predicted molar refractivity (Wildman–Crippen MR) is 75.1 cm³/mol. The van der Waals surface area contributed by atoms with E-state index in [2.05, 4.69) is 10.2 Å². The Morgan fingerprint density at radius 1 is 1.06 bits per heavy atom. The second-order valence-electron chi connectivity index (χ2n) is 5.10. The van der Waals surface area contributed by atoms with Crippen molar-refractivity contribution in [2.75, 3.05) is 53.6 Å². The maximum Gasteiger partial charge on any atom is 0.0824 e. The fourth-order valence-electron chi connectivity index (χ4n) is 2.18. The van der Waals surface area contributed by atoms with Crippen molar-refractivity contribution in [3.05, 3.63) is 0 Å². The van der Waals surface area contributed by atoms with Gasteiger partial charge < -0.3 is 14.8 Å². The molecule has 1 aliphatic heterocycles. The number of methoxy groups -OCH3 is 1. The Hall–Kier alpha value is -0.160. The SMILES string of the molecule is CNCCCCOCCCCCN1CC(OC)C1. The summed E-state index contributed by atoms with van der Waals surface area (Å²) in [7, 11) is 3.80. The Morgan fingerprint density at radius 2 is 1.78 bits per heavy atom. The van der Waals surface area contributed by atoms with E-state index < -0.39 is 0 Å². The Labute approximate surface area is 112 Å². The van der Waals surface area contributed by atoms with Crippen LogP contribution in [0.5, 0.6) is 0 Å². The lowest BCUT2D eigenvalue weighted by Gasteiger charge is -2.38. The minimum Gasteiger partial charge on any atom is -0.381 e. The van der Waals surface area contributed by atoms with Gasteiger partial charge in [-0.1, -0.05) is 0 Å². The van der Waals surface area contributed by atoms with Crippen LogP contribution in [0.3, 0.4) is 0 Å². The second-order valence-corrected chi connectivity index (χ2v) is 5.10. The summed E-state index contributed by atoms with van der Waals surface area (Å²) in [5.41, 5.74) is 0. The average Bonchev–Trinajstić information content (AvgIpc) is 2.33. The highest BCUT2D eigenvalue weighted by molar-refractivity contribution is 4.79. The van der Waals surface area contributed by atoms with Gasteiger partial charge in [0.15, 0.2) is 0 Å². The van der Waals surface area contributed by atoms with Crippen LogP contribution in [0.1, 0.15) is 32.1 Å². The number of hydrogen-bond acceptors (Lipinski definition) is 4. The molecule has 0 amide bonds. The van der Waals surface area contributed by atoms with Crippen LogP contribution < -0.4 is 5.32 Å². The quantitative estimate of drug-likeness (QED) is 0.538. The summed E-state index contributed by atoms with van der Waals surface area (Å²) in [6, 6.07) is 0. The van der Waals surface area contributed by atoms with Crippen molar-refractivity contribution in [3.8, 4) is 0 Å². The summed E-state index contributed by atoms with van der Waals surface area (Å²) in [5.74, 6) is 0. The zero-order chi connectivity index (χ0) is 13.1. The van der Waals surface area contributed by atoms with E-state index in [9.17, 15) is 0 Å². The number of ether oxygens (including phenoxy) is 2. The van der Waals surface area contributed by atoms with E-state index in [1.807, 2.05) is 7.05 Å². The van der Waals surface area contributed by atoms with Crippen LogP contribution in [0, 0.1) is 0 Å². The van der Waals surface area contributed by atoms with Gasteiger partial charge in [0.2, 0.25) is 0 Å². The van der Waals surface area contributed by atoms with Crippen molar-refractivity contribution in [3.63, 3.8) is 0 Å². The normalized spacial score (nSPS) is 17.0. The Bertz CT molecular complexity index is 185. The summed E-state index contributed by atoms with van der Waals surface area (Å²) < 4.78 is 10.9. The molecule has 0 aromatic rings. The van der Waals surface area contributed by atoms with E-state index in [0.29, 0.717) is 6.10 Å². The maximum absolute atomic E-state index is 5.60. The van der Waals surface area contributed by atoms with Gasteiger partial charge in [-0.25, -0.2) is 0 Å². The Balaban J connectivity index is 1.69. The predicted octanol–water partition coefficient (Wildman–Crippen LogP) is 1.50. The molecular weight excluding hydrogens is 228 g/mol. The van der Waals surface area contributed by atoms with E-state index in [1.54, 1.807) is 7.11 Å². The van der Waals surface area contributed by atoms with E-state index in [0.717, 1.165) is 32.8 Å². The van der Waals surface area contributed by atoms with Crippen LogP contribution in [0.15, 0.2) is 0 Å². The lowest BCUT2D eigenvalue weighted by atomic mass is 10.1. The van der Waals surface area contributed by atoms with Gasteiger partial charge >= 0.3 is 0 Å². The van der Waals surface area contributed by atoms with Crippen molar-refractivity contribution in [2.45, 2.75) is 38.2 Å². The summed E-state index contributed by atoms with van der Waals surface area (Å²) in [4.78, 5) is 2.47. The number of unbranched alkanes of at least 4 members (excludes halogenated alkanes) is 3. The van der Waals surface area contributed by atoms with E-state index >= 15 is 0 Å². The molecular formula is C14H30N2O2. The minimum absolute atomic E-state index is 0.492. The summed E-state index contributed by atoms with van der Waals surface area (Å²) in [5, 5.41) is 3.15. The summed E-state index contributed by atoms with van der Waals surface area (Å²) in [6.07, 6.45) is 6.66. The molecule has 1 fully saturated rings. The summed E-state index contributed by atoms with van der Waals surface area (Å²) in [6.45, 7) is 6.42. The molecule has 4 nitrogen and oxygen atoms in total. The molecule has 0 radical (unpaired) electrons. The Kier molecular flexibility index (Phi) is 9.48. The first-order valence-corrected chi connectivity index (χ1v) is 7.34. The number of likely N-dealkylation sites (tertiary alicyclic amines) is 1. The summed E-state index contributed by atoms with van der Waals surface area (Å²) >= 11 is 0. The van der Waals surface area contributed by atoms with Gasteiger partial charge in [0.1, 0.15) is 0 Å². The van der Waals surface area contributed by atoms with E-state index in [4.69, 9.17) is 9.47 Å². The van der Waals surface area contributed by atoms with Gasteiger partial charge in [-0.05, 0) is 52.2 Å². The van der Waals surface area contributed by atoms with Crippen LogP contribution in [0.2, 0.25) is 0 Å². The third-order valence-corrected chi connectivity index (χ3v) is 3.49. The average molecular weight is 258 g/mol. The van der Waals surface area contributed by atoms with E-state index in [-0.39, 0.29) is 0 Å². The zero-order valence-electron chi connectivity index (χ0n) is 12.1. The molecule has 1 aliphatic rings. The first-order valence-electron chi connectivity index (χ1n) is 7.34. The largest absolute Gasteiger partial charge is 0.381 e. The first kappa shape index (κ1) is 15.9. The van der Waals surface area contributed by atoms with Gasteiger partial charge in [0.25, 0.3) is 0 Å². The molecule has 1 rings (SSSR count). The molecule has 0 aliphatic carbocycles. The van der Waals surface area contributed by atoms with Crippen LogP contribution in [-0.2, 0) is 9.47 Å². The lowest BCUT2D eigenvalue weighted by molar-refractivity contribution is -0.0298. The van der Waals surface area contributed by atoms with Gasteiger partial charge in [-0.3, -0.25) is 4.90 Å². The zero-order valence-corrected chi connectivity index (χ0v) is 12.1. The van der Waals surface area contributed by atoms with Crippen LogP contribution >= 0.6 is 0 Å². The van der Waals surface area contributed by atoms with Crippen LogP contribution in [0.25, 0.3) is 0 Å². The molecule has 18 heavy (non-hydrogen) atoms. The first-order chi connectivity index (χ1) is 8.86. The Morgan fingerprint density at radius 3 is 2.44 bits per heavy atom. The fourth-order valence-corrected chi connectivity index (χ4v) is 2.18. The highest BCUT2D eigenvalue weighted by Gasteiger charge is 2.24. The monoisotopic (exact) mass is 258 g/mol. The molecule has 0 unspecified atom stereocenters.